The highest BCUT2D eigenvalue weighted by molar-refractivity contribution is 5.26. The van der Waals surface area contributed by atoms with Gasteiger partial charge in [0.15, 0.2) is 0 Å². The Balaban J connectivity index is 2.99. The van der Waals surface area contributed by atoms with Crippen LogP contribution in [0.5, 0.6) is 0 Å². The van der Waals surface area contributed by atoms with Crippen molar-refractivity contribution in [1.29, 1.82) is 0 Å². The lowest BCUT2D eigenvalue weighted by atomic mass is 9.76. The SMILES string of the molecule is CCC(N)(c1ccccc1F)C(C)CCOC. The fourth-order valence-electron chi connectivity index (χ4n) is 2.20. The molecule has 2 N–H and O–H groups in total. The van der Waals surface area contributed by atoms with Crippen LogP contribution >= 0.6 is 0 Å². The van der Waals surface area contributed by atoms with Crippen LogP contribution in [0.3, 0.4) is 0 Å². The molecule has 17 heavy (non-hydrogen) atoms. The van der Waals surface area contributed by atoms with Gasteiger partial charge >= 0.3 is 0 Å². The molecule has 0 aliphatic heterocycles. The van der Waals surface area contributed by atoms with Gasteiger partial charge in [0.2, 0.25) is 0 Å². The van der Waals surface area contributed by atoms with Crippen LogP contribution in [-0.2, 0) is 10.3 Å². The summed E-state index contributed by atoms with van der Waals surface area (Å²) in [4.78, 5) is 0. The number of hydrogen-bond acceptors (Lipinski definition) is 2. The van der Waals surface area contributed by atoms with Gasteiger partial charge < -0.3 is 10.5 Å². The molecule has 0 bridgehead atoms. The van der Waals surface area contributed by atoms with Gasteiger partial charge in [-0.1, -0.05) is 32.0 Å². The van der Waals surface area contributed by atoms with E-state index in [-0.39, 0.29) is 11.7 Å². The Labute approximate surface area is 103 Å². The molecular formula is C14H22FNO. The third kappa shape index (κ3) is 3.05. The summed E-state index contributed by atoms with van der Waals surface area (Å²) in [6, 6.07) is 6.77. The van der Waals surface area contributed by atoms with Crippen LogP contribution in [0.2, 0.25) is 0 Å². The molecule has 2 nitrogen and oxygen atoms in total. The van der Waals surface area contributed by atoms with Gasteiger partial charge in [0, 0.05) is 24.8 Å². The number of benzene rings is 1. The molecule has 2 atom stereocenters. The molecule has 3 heteroatoms. The Kier molecular flexibility index (Phi) is 5.09. The van der Waals surface area contributed by atoms with Crippen LogP contribution in [0, 0.1) is 11.7 Å². The third-order valence-corrected chi connectivity index (χ3v) is 3.59. The first-order chi connectivity index (χ1) is 8.06. The summed E-state index contributed by atoms with van der Waals surface area (Å²) in [5.41, 5.74) is 6.39. The van der Waals surface area contributed by atoms with E-state index in [0.717, 1.165) is 6.42 Å². The normalized spacial score (nSPS) is 16.5. The maximum atomic E-state index is 13.8. The predicted molar refractivity (Wildman–Crippen MR) is 68.2 cm³/mol. The van der Waals surface area contributed by atoms with Crippen molar-refractivity contribution in [1.82, 2.24) is 0 Å². The molecule has 0 aliphatic carbocycles. The molecule has 2 unspecified atom stereocenters. The summed E-state index contributed by atoms with van der Waals surface area (Å²) in [5.74, 6) is -0.0505. The summed E-state index contributed by atoms with van der Waals surface area (Å²) < 4.78 is 18.9. The van der Waals surface area contributed by atoms with Gasteiger partial charge in [-0.2, -0.15) is 0 Å². The number of nitrogens with two attached hydrogens (primary N) is 1. The Bertz CT molecular complexity index is 356. The zero-order chi connectivity index (χ0) is 12.9. The van der Waals surface area contributed by atoms with Gasteiger partial charge in [-0.15, -0.1) is 0 Å². The van der Waals surface area contributed by atoms with Crippen LogP contribution in [0.15, 0.2) is 24.3 Å². The molecule has 96 valence electrons. The van der Waals surface area contributed by atoms with E-state index in [1.54, 1.807) is 19.2 Å². The first-order valence-electron chi connectivity index (χ1n) is 6.09. The molecule has 0 aliphatic rings. The second kappa shape index (κ2) is 6.12. The molecule has 0 amide bonds. The molecular weight excluding hydrogens is 217 g/mol. The molecule has 0 aromatic heterocycles. The van der Waals surface area contributed by atoms with Crippen LogP contribution in [0.25, 0.3) is 0 Å². The molecule has 1 rings (SSSR count). The highest BCUT2D eigenvalue weighted by Gasteiger charge is 2.33. The molecule has 0 saturated carbocycles. The molecule has 0 spiro atoms. The highest BCUT2D eigenvalue weighted by atomic mass is 19.1. The van der Waals surface area contributed by atoms with E-state index in [1.807, 2.05) is 13.0 Å². The zero-order valence-corrected chi connectivity index (χ0v) is 10.9. The van der Waals surface area contributed by atoms with Crippen LogP contribution in [0.4, 0.5) is 4.39 Å². The van der Waals surface area contributed by atoms with Crippen LogP contribution < -0.4 is 5.73 Å². The number of rotatable bonds is 6. The lowest BCUT2D eigenvalue weighted by Gasteiger charge is -2.35. The van der Waals surface area contributed by atoms with E-state index in [0.29, 0.717) is 18.6 Å². The first-order valence-corrected chi connectivity index (χ1v) is 6.09. The van der Waals surface area contributed by atoms with E-state index in [4.69, 9.17) is 10.5 Å². The van der Waals surface area contributed by atoms with Crippen LogP contribution in [0.1, 0.15) is 32.3 Å². The minimum absolute atomic E-state index is 0.171. The Morgan fingerprint density at radius 3 is 2.59 bits per heavy atom. The summed E-state index contributed by atoms with van der Waals surface area (Å²) in [6.45, 7) is 4.69. The standard InChI is InChI=1S/C14H22FNO/c1-4-14(16,11(2)9-10-17-3)12-7-5-6-8-13(12)15/h5-8,11H,4,9-10,16H2,1-3H3. The van der Waals surface area contributed by atoms with E-state index < -0.39 is 5.54 Å². The van der Waals surface area contributed by atoms with E-state index >= 15 is 0 Å². The molecule has 0 saturated heterocycles. The van der Waals surface area contributed by atoms with Crippen molar-refractivity contribution in [3.8, 4) is 0 Å². The topological polar surface area (TPSA) is 35.2 Å². The van der Waals surface area contributed by atoms with Gasteiger partial charge in [-0.3, -0.25) is 0 Å². The minimum Gasteiger partial charge on any atom is -0.385 e. The maximum absolute atomic E-state index is 13.8. The Hall–Kier alpha value is -0.930. The monoisotopic (exact) mass is 239 g/mol. The van der Waals surface area contributed by atoms with Crippen molar-refractivity contribution in [2.45, 2.75) is 32.2 Å². The van der Waals surface area contributed by atoms with Crippen molar-refractivity contribution in [3.05, 3.63) is 35.6 Å². The smallest absolute Gasteiger partial charge is 0.128 e. The summed E-state index contributed by atoms with van der Waals surface area (Å²) in [6.07, 6.45) is 1.54. The first kappa shape index (κ1) is 14.1. The van der Waals surface area contributed by atoms with Crippen molar-refractivity contribution in [3.63, 3.8) is 0 Å². The number of ether oxygens (including phenoxy) is 1. The second-order valence-electron chi connectivity index (χ2n) is 4.56. The summed E-state index contributed by atoms with van der Waals surface area (Å²) >= 11 is 0. The lowest BCUT2D eigenvalue weighted by Crippen LogP contribution is -2.43. The van der Waals surface area contributed by atoms with Crippen molar-refractivity contribution in [2.24, 2.45) is 11.7 Å². The summed E-state index contributed by atoms with van der Waals surface area (Å²) in [7, 11) is 1.67. The lowest BCUT2D eigenvalue weighted by molar-refractivity contribution is 0.151. The average molecular weight is 239 g/mol. The largest absolute Gasteiger partial charge is 0.385 e. The predicted octanol–water partition coefficient (Wildman–Crippen LogP) is 3.06. The highest BCUT2D eigenvalue weighted by Crippen LogP contribution is 2.33. The van der Waals surface area contributed by atoms with Crippen molar-refractivity contribution >= 4 is 0 Å². The molecule has 1 aromatic rings. The van der Waals surface area contributed by atoms with Crippen molar-refractivity contribution in [2.75, 3.05) is 13.7 Å². The average Bonchev–Trinajstić information content (AvgIpc) is 2.35. The van der Waals surface area contributed by atoms with Gasteiger partial charge in [0.25, 0.3) is 0 Å². The van der Waals surface area contributed by atoms with Gasteiger partial charge in [-0.05, 0) is 24.8 Å². The summed E-state index contributed by atoms with van der Waals surface area (Å²) in [5, 5.41) is 0. The van der Waals surface area contributed by atoms with E-state index in [9.17, 15) is 4.39 Å². The molecule has 0 fully saturated rings. The van der Waals surface area contributed by atoms with Crippen LogP contribution in [-0.4, -0.2) is 13.7 Å². The molecule has 1 aromatic carbocycles. The maximum Gasteiger partial charge on any atom is 0.128 e. The van der Waals surface area contributed by atoms with E-state index in [2.05, 4.69) is 6.92 Å². The third-order valence-electron chi connectivity index (χ3n) is 3.59. The van der Waals surface area contributed by atoms with Crippen molar-refractivity contribution < 1.29 is 9.13 Å². The fourth-order valence-corrected chi connectivity index (χ4v) is 2.20. The van der Waals surface area contributed by atoms with Gasteiger partial charge in [0.05, 0.1) is 0 Å². The Morgan fingerprint density at radius 1 is 1.41 bits per heavy atom. The Morgan fingerprint density at radius 2 is 2.06 bits per heavy atom. The fraction of sp³-hybridized carbons (Fsp3) is 0.571. The van der Waals surface area contributed by atoms with Gasteiger partial charge in [0.1, 0.15) is 5.82 Å². The second-order valence-corrected chi connectivity index (χ2v) is 4.56. The zero-order valence-electron chi connectivity index (χ0n) is 10.9. The minimum atomic E-state index is -0.621. The number of hydrogen-bond donors (Lipinski definition) is 1. The number of halogens is 1. The molecule has 0 heterocycles. The van der Waals surface area contributed by atoms with Gasteiger partial charge in [-0.25, -0.2) is 4.39 Å². The quantitative estimate of drug-likeness (QED) is 0.828. The van der Waals surface area contributed by atoms with E-state index in [1.165, 1.54) is 6.07 Å². The number of methoxy groups -OCH3 is 1. The molecule has 0 radical (unpaired) electrons.